The minimum absolute atomic E-state index is 0.0756. The van der Waals surface area contributed by atoms with E-state index in [0.29, 0.717) is 26.1 Å². The molecule has 1 aliphatic carbocycles. The fourth-order valence-corrected chi connectivity index (χ4v) is 8.59. The quantitative estimate of drug-likeness (QED) is 0.683. The third-order valence-electron chi connectivity index (χ3n) is 6.79. The van der Waals surface area contributed by atoms with Gasteiger partial charge in [-0.05, 0) is 37.7 Å². The second-order valence-electron chi connectivity index (χ2n) is 9.07. The van der Waals surface area contributed by atoms with Gasteiger partial charge in [0.1, 0.15) is 17.8 Å². The number of nitrogens with zero attached hydrogens (tertiary/aromatic N) is 5. The molecule has 3 fully saturated rings. The van der Waals surface area contributed by atoms with Crippen molar-refractivity contribution in [2.75, 3.05) is 49.6 Å². The Morgan fingerprint density at radius 3 is 2.84 bits per heavy atom. The van der Waals surface area contributed by atoms with Gasteiger partial charge in [-0.25, -0.2) is 18.4 Å². The maximum Gasteiger partial charge on any atom is 0.282 e. The number of nitrogens with one attached hydrogen (secondary N) is 1. The zero-order chi connectivity index (χ0) is 21.9. The molecule has 12 heteroatoms. The molecule has 31 heavy (non-hydrogen) atoms. The number of sulfone groups is 1. The van der Waals surface area contributed by atoms with Crippen molar-refractivity contribution < 1.29 is 16.8 Å². The van der Waals surface area contributed by atoms with Crippen LogP contribution in [0.4, 0.5) is 5.82 Å². The lowest BCUT2D eigenvalue weighted by Gasteiger charge is -2.43. The first kappa shape index (κ1) is 21.1. The second-order valence-corrected chi connectivity index (χ2v) is 13.3. The summed E-state index contributed by atoms with van der Waals surface area (Å²) in [5.74, 6) is 0.975. The summed E-state index contributed by atoms with van der Waals surface area (Å²) in [5.41, 5.74) is 0.351. The molecule has 10 nitrogen and oxygen atoms in total. The summed E-state index contributed by atoms with van der Waals surface area (Å²) < 4.78 is 53.8. The average Bonchev–Trinajstić information content (AvgIpc) is 3.28. The molecule has 2 aromatic heterocycles. The molecule has 0 radical (unpaired) electrons. The predicted octanol–water partition coefficient (Wildman–Crippen LogP) is 0.614. The molecule has 5 rings (SSSR count). The number of aromatic nitrogens is 3. The van der Waals surface area contributed by atoms with E-state index in [1.807, 2.05) is 12.3 Å². The number of hydrogen-bond acceptors (Lipinski definition) is 7. The van der Waals surface area contributed by atoms with Crippen LogP contribution < -0.4 is 4.90 Å². The van der Waals surface area contributed by atoms with E-state index < -0.39 is 25.6 Å². The molecule has 1 spiro atoms. The molecule has 4 heterocycles. The number of hydrogen-bond donors (Lipinski definition) is 1. The van der Waals surface area contributed by atoms with Gasteiger partial charge in [-0.1, -0.05) is 0 Å². The molecule has 0 amide bonds. The fraction of sp³-hybridized carbons (Fsp3) is 0.684. The van der Waals surface area contributed by atoms with Gasteiger partial charge in [-0.15, -0.1) is 0 Å². The summed E-state index contributed by atoms with van der Waals surface area (Å²) >= 11 is 0. The highest BCUT2D eigenvalue weighted by molar-refractivity contribution is 7.91. The van der Waals surface area contributed by atoms with Crippen molar-refractivity contribution >= 4 is 36.9 Å². The lowest BCUT2D eigenvalue weighted by atomic mass is 10.1. The number of anilines is 1. The van der Waals surface area contributed by atoms with Crippen LogP contribution in [0.15, 0.2) is 18.6 Å². The third-order valence-corrected chi connectivity index (χ3v) is 10.7. The summed E-state index contributed by atoms with van der Waals surface area (Å²) in [7, 11) is -5.16. The van der Waals surface area contributed by atoms with Crippen molar-refractivity contribution in [1.29, 1.82) is 0 Å². The van der Waals surface area contributed by atoms with Gasteiger partial charge in [0.05, 0.1) is 22.4 Å². The van der Waals surface area contributed by atoms with E-state index in [2.05, 4.69) is 19.9 Å². The molecule has 2 aliphatic heterocycles. The molecule has 1 N–H and O–H groups in total. The minimum atomic E-state index is -3.67. The van der Waals surface area contributed by atoms with E-state index in [4.69, 9.17) is 0 Å². The Labute approximate surface area is 182 Å². The van der Waals surface area contributed by atoms with Gasteiger partial charge < -0.3 is 9.88 Å². The van der Waals surface area contributed by atoms with Gasteiger partial charge in [-0.3, -0.25) is 0 Å². The monoisotopic (exact) mass is 468 g/mol. The van der Waals surface area contributed by atoms with E-state index in [9.17, 15) is 16.8 Å². The van der Waals surface area contributed by atoms with Gasteiger partial charge >= 0.3 is 0 Å². The van der Waals surface area contributed by atoms with Gasteiger partial charge in [0.2, 0.25) is 0 Å². The molecule has 3 aliphatic rings. The molecule has 1 atom stereocenters. The second kappa shape index (κ2) is 7.39. The van der Waals surface area contributed by atoms with Crippen molar-refractivity contribution in [3.8, 4) is 0 Å². The summed E-state index contributed by atoms with van der Waals surface area (Å²) in [6.45, 7) is 1.76. The van der Waals surface area contributed by atoms with Crippen LogP contribution in [0.3, 0.4) is 0 Å². The van der Waals surface area contributed by atoms with Gasteiger partial charge in [0.25, 0.3) is 10.2 Å². The Balaban J connectivity index is 1.33. The van der Waals surface area contributed by atoms with Gasteiger partial charge in [-0.2, -0.15) is 17.0 Å². The molecular weight excluding hydrogens is 440 g/mol. The smallest absolute Gasteiger partial charge is 0.282 e. The van der Waals surface area contributed by atoms with E-state index >= 15 is 0 Å². The van der Waals surface area contributed by atoms with Crippen molar-refractivity contribution in [3.05, 3.63) is 18.6 Å². The van der Waals surface area contributed by atoms with E-state index in [1.165, 1.54) is 10.6 Å². The van der Waals surface area contributed by atoms with Crippen LogP contribution in [-0.4, -0.2) is 90.7 Å². The summed E-state index contributed by atoms with van der Waals surface area (Å²) in [6.07, 6.45) is 6.35. The van der Waals surface area contributed by atoms with Crippen LogP contribution >= 0.6 is 0 Å². The predicted molar refractivity (Wildman–Crippen MR) is 118 cm³/mol. The van der Waals surface area contributed by atoms with Crippen molar-refractivity contribution in [2.45, 2.75) is 31.2 Å². The van der Waals surface area contributed by atoms with E-state index in [1.54, 1.807) is 11.4 Å². The number of fused-ring (bicyclic) bond motifs is 1. The summed E-state index contributed by atoms with van der Waals surface area (Å²) in [4.78, 5) is 14.0. The van der Waals surface area contributed by atoms with Crippen LogP contribution in [0.1, 0.15) is 25.7 Å². The van der Waals surface area contributed by atoms with Gasteiger partial charge in [0, 0.05) is 39.4 Å². The minimum Gasteiger partial charge on any atom is -0.353 e. The number of aromatic amines is 1. The average molecular weight is 469 g/mol. The largest absolute Gasteiger partial charge is 0.353 e. The van der Waals surface area contributed by atoms with Gasteiger partial charge in [0.15, 0.2) is 9.84 Å². The first-order valence-electron chi connectivity index (χ1n) is 10.7. The topological polar surface area (TPSA) is 120 Å². The number of H-pyrrole nitrogens is 1. The first-order chi connectivity index (χ1) is 14.7. The van der Waals surface area contributed by atoms with Crippen LogP contribution in [0.5, 0.6) is 0 Å². The maximum atomic E-state index is 13.4. The molecule has 170 valence electrons. The third kappa shape index (κ3) is 3.83. The van der Waals surface area contributed by atoms with Crippen molar-refractivity contribution in [1.82, 2.24) is 23.6 Å². The fourth-order valence-electron chi connectivity index (χ4n) is 5.05. The molecular formula is C19H28N6O4S2. The number of piperazine rings is 1. The maximum absolute atomic E-state index is 13.4. The molecule has 2 saturated heterocycles. The highest BCUT2D eigenvalue weighted by Gasteiger charge is 2.56. The Bertz CT molecular complexity index is 1190. The van der Waals surface area contributed by atoms with E-state index in [0.717, 1.165) is 36.1 Å². The summed E-state index contributed by atoms with van der Waals surface area (Å²) in [6, 6.07) is 1.94. The Kier molecular flexibility index (Phi) is 5.03. The zero-order valence-corrected chi connectivity index (χ0v) is 19.2. The van der Waals surface area contributed by atoms with Crippen LogP contribution in [-0.2, 0) is 20.0 Å². The molecule has 1 saturated carbocycles. The first-order valence-corrected chi connectivity index (χ1v) is 13.9. The highest BCUT2D eigenvalue weighted by Crippen LogP contribution is 2.47. The van der Waals surface area contributed by atoms with Crippen molar-refractivity contribution in [2.24, 2.45) is 5.92 Å². The number of rotatable bonds is 5. The highest BCUT2D eigenvalue weighted by atomic mass is 32.2. The molecule has 0 aromatic carbocycles. The Morgan fingerprint density at radius 1 is 1.29 bits per heavy atom. The standard InChI is InChI=1S/C19H28N6O4S2/c1-23(11-15-3-2-10-30(26,27)12-15)31(28,29)25-9-8-24(13-19(25)5-6-19)18-16-4-7-20-17(16)21-14-22-18/h4,7,14-15H,2-3,5-6,8-13H2,1H3,(H,20,21,22). The normalized spacial score (nSPS) is 26.0. The summed E-state index contributed by atoms with van der Waals surface area (Å²) in [5, 5.41) is 0.935. The van der Waals surface area contributed by atoms with Crippen molar-refractivity contribution in [3.63, 3.8) is 0 Å². The zero-order valence-electron chi connectivity index (χ0n) is 17.6. The lowest BCUT2D eigenvalue weighted by molar-refractivity contribution is 0.244. The van der Waals surface area contributed by atoms with Crippen LogP contribution in [0, 0.1) is 5.92 Å². The van der Waals surface area contributed by atoms with Crippen LogP contribution in [0.25, 0.3) is 11.0 Å². The van der Waals surface area contributed by atoms with E-state index in [-0.39, 0.29) is 24.0 Å². The molecule has 0 bridgehead atoms. The Hall–Kier alpha value is -1.76. The SMILES string of the molecule is CN(CC1CCCS(=O)(=O)C1)S(=O)(=O)N1CCN(c2ncnc3[nH]ccc23)CC12CC2. The lowest BCUT2D eigenvalue weighted by Crippen LogP contribution is -2.60. The Morgan fingerprint density at radius 2 is 2.10 bits per heavy atom. The van der Waals surface area contributed by atoms with Crippen LogP contribution in [0.2, 0.25) is 0 Å². The molecule has 2 aromatic rings. The molecule has 1 unspecified atom stereocenters.